The Kier molecular flexibility index (Phi) is 2.18. The maximum Gasteiger partial charge on any atom is 0.0107 e. The molecule has 2 bridgehead atoms. The maximum atomic E-state index is 2.77. The Morgan fingerprint density at radius 3 is 1.92 bits per heavy atom. The van der Waals surface area contributed by atoms with Gasteiger partial charge in [-0.2, -0.15) is 0 Å². The predicted octanol–water partition coefficient (Wildman–Crippen LogP) is 3.05. The molecule has 0 aliphatic carbocycles. The van der Waals surface area contributed by atoms with Crippen molar-refractivity contribution >= 4 is 0 Å². The Labute approximate surface area is 82.5 Å². The van der Waals surface area contributed by atoms with E-state index in [9.17, 15) is 0 Å². The summed E-state index contributed by atoms with van der Waals surface area (Å²) in [6, 6.07) is 2.55. The van der Waals surface area contributed by atoms with Gasteiger partial charge in [0.15, 0.2) is 0 Å². The molecule has 2 unspecified atom stereocenters. The van der Waals surface area contributed by atoms with Crippen LogP contribution >= 0.6 is 0 Å². The molecule has 0 radical (unpaired) electrons. The van der Waals surface area contributed by atoms with Crippen LogP contribution in [0.15, 0.2) is 0 Å². The molecule has 1 heteroatoms. The van der Waals surface area contributed by atoms with Gasteiger partial charge in [-0.05, 0) is 44.9 Å². The SMILES string of the molecule is CC(C)N1C2CCC1CC(C)(C)C2. The highest BCUT2D eigenvalue weighted by atomic mass is 15.2. The lowest BCUT2D eigenvalue weighted by Gasteiger charge is -2.45. The van der Waals surface area contributed by atoms with Crippen LogP contribution in [0.5, 0.6) is 0 Å². The number of fused-ring (bicyclic) bond motifs is 2. The fraction of sp³-hybridized carbons (Fsp3) is 1.00. The smallest absolute Gasteiger partial charge is 0.0107 e. The molecule has 76 valence electrons. The maximum absolute atomic E-state index is 2.77. The van der Waals surface area contributed by atoms with Crippen LogP contribution in [0.3, 0.4) is 0 Å². The Morgan fingerprint density at radius 1 is 1.08 bits per heavy atom. The second-order valence-corrected chi connectivity index (χ2v) is 6.00. The summed E-state index contributed by atoms with van der Waals surface area (Å²) >= 11 is 0. The summed E-state index contributed by atoms with van der Waals surface area (Å²) in [5.74, 6) is 0. The highest BCUT2D eigenvalue weighted by Crippen LogP contribution is 2.45. The Balaban J connectivity index is 2.13. The lowest BCUT2D eigenvalue weighted by molar-refractivity contribution is 0.0389. The van der Waals surface area contributed by atoms with Crippen molar-refractivity contribution in [1.82, 2.24) is 4.90 Å². The summed E-state index contributed by atoms with van der Waals surface area (Å²) in [5, 5.41) is 0. The Bertz CT molecular complexity index is 179. The molecular weight excluding hydrogens is 158 g/mol. The number of nitrogens with zero attached hydrogens (tertiary/aromatic N) is 1. The molecule has 0 aromatic heterocycles. The van der Waals surface area contributed by atoms with Gasteiger partial charge in [-0.15, -0.1) is 0 Å². The van der Waals surface area contributed by atoms with E-state index in [1.165, 1.54) is 25.7 Å². The fourth-order valence-electron chi connectivity index (χ4n) is 3.60. The third-order valence-electron chi connectivity index (χ3n) is 3.85. The van der Waals surface area contributed by atoms with E-state index in [1.807, 2.05) is 0 Å². The normalized spacial score (nSPS) is 38.5. The number of hydrogen-bond donors (Lipinski definition) is 0. The van der Waals surface area contributed by atoms with Crippen molar-refractivity contribution in [2.24, 2.45) is 5.41 Å². The second kappa shape index (κ2) is 2.98. The second-order valence-electron chi connectivity index (χ2n) is 6.00. The molecule has 0 amide bonds. The first-order valence-corrected chi connectivity index (χ1v) is 5.77. The Morgan fingerprint density at radius 2 is 1.54 bits per heavy atom. The van der Waals surface area contributed by atoms with Crippen LogP contribution in [0, 0.1) is 5.41 Å². The van der Waals surface area contributed by atoms with Crippen molar-refractivity contribution in [3.05, 3.63) is 0 Å². The summed E-state index contributed by atoms with van der Waals surface area (Å²) in [6.45, 7) is 9.58. The van der Waals surface area contributed by atoms with E-state index in [4.69, 9.17) is 0 Å². The lowest BCUT2D eigenvalue weighted by Crippen LogP contribution is -2.48. The van der Waals surface area contributed by atoms with Gasteiger partial charge < -0.3 is 0 Å². The van der Waals surface area contributed by atoms with E-state index >= 15 is 0 Å². The summed E-state index contributed by atoms with van der Waals surface area (Å²) in [4.78, 5) is 2.77. The molecule has 2 atom stereocenters. The van der Waals surface area contributed by atoms with Gasteiger partial charge in [-0.3, -0.25) is 4.90 Å². The van der Waals surface area contributed by atoms with Crippen LogP contribution < -0.4 is 0 Å². The number of hydrogen-bond acceptors (Lipinski definition) is 1. The third-order valence-corrected chi connectivity index (χ3v) is 3.85. The third kappa shape index (κ3) is 1.63. The van der Waals surface area contributed by atoms with Gasteiger partial charge in [0.25, 0.3) is 0 Å². The van der Waals surface area contributed by atoms with Crippen molar-refractivity contribution in [1.29, 1.82) is 0 Å². The molecule has 2 aliphatic rings. The topological polar surface area (TPSA) is 3.24 Å². The standard InChI is InChI=1S/C12H23N/c1-9(2)13-10-5-6-11(13)8-12(3,4)7-10/h9-11H,5-8H2,1-4H3. The minimum absolute atomic E-state index is 0.608. The molecule has 1 nitrogen and oxygen atoms in total. The number of rotatable bonds is 1. The van der Waals surface area contributed by atoms with Gasteiger partial charge in [0, 0.05) is 18.1 Å². The highest BCUT2D eigenvalue weighted by Gasteiger charge is 2.44. The number of piperidine rings is 1. The zero-order chi connectivity index (χ0) is 9.64. The molecule has 2 saturated heterocycles. The average molecular weight is 181 g/mol. The molecule has 2 fully saturated rings. The zero-order valence-corrected chi connectivity index (χ0v) is 9.51. The molecular formula is C12H23N. The minimum atomic E-state index is 0.608. The lowest BCUT2D eigenvalue weighted by atomic mass is 9.78. The first-order valence-electron chi connectivity index (χ1n) is 5.77. The molecule has 2 aliphatic heterocycles. The molecule has 0 saturated carbocycles. The first kappa shape index (κ1) is 9.51. The van der Waals surface area contributed by atoms with E-state index in [-0.39, 0.29) is 0 Å². The van der Waals surface area contributed by atoms with Gasteiger partial charge in [0.1, 0.15) is 0 Å². The quantitative estimate of drug-likeness (QED) is 0.601. The van der Waals surface area contributed by atoms with Crippen molar-refractivity contribution in [3.8, 4) is 0 Å². The first-order chi connectivity index (χ1) is 5.99. The van der Waals surface area contributed by atoms with Crippen LogP contribution in [0.4, 0.5) is 0 Å². The monoisotopic (exact) mass is 181 g/mol. The van der Waals surface area contributed by atoms with Gasteiger partial charge in [0.2, 0.25) is 0 Å². The van der Waals surface area contributed by atoms with Gasteiger partial charge >= 0.3 is 0 Å². The molecule has 2 rings (SSSR count). The van der Waals surface area contributed by atoms with Gasteiger partial charge in [0.05, 0.1) is 0 Å². The van der Waals surface area contributed by atoms with Crippen molar-refractivity contribution < 1.29 is 0 Å². The van der Waals surface area contributed by atoms with E-state index in [0.717, 1.165) is 18.1 Å². The van der Waals surface area contributed by atoms with Crippen LogP contribution in [0.25, 0.3) is 0 Å². The van der Waals surface area contributed by atoms with Gasteiger partial charge in [-0.1, -0.05) is 13.8 Å². The van der Waals surface area contributed by atoms with Crippen molar-refractivity contribution in [2.75, 3.05) is 0 Å². The van der Waals surface area contributed by atoms with E-state index in [0.29, 0.717) is 5.41 Å². The van der Waals surface area contributed by atoms with Crippen LogP contribution in [0.1, 0.15) is 53.4 Å². The van der Waals surface area contributed by atoms with Gasteiger partial charge in [-0.25, -0.2) is 0 Å². The van der Waals surface area contributed by atoms with Crippen LogP contribution in [0.2, 0.25) is 0 Å². The minimum Gasteiger partial charge on any atom is -0.295 e. The summed E-state index contributed by atoms with van der Waals surface area (Å²) in [7, 11) is 0. The molecule has 0 spiro atoms. The van der Waals surface area contributed by atoms with Crippen molar-refractivity contribution in [2.45, 2.75) is 71.5 Å². The summed E-state index contributed by atoms with van der Waals surface area (Å²) in [6.07, 6.45) is 5.74. The van der Waals surface area contributed by atoms with E-state index < -0.39 is 0 Å². The van der Waals surface area contributed by atoms with Crippen LogP contribution in [-0.2, 0) is 0 Å². The average Bonchev–Trinajstić information content (AvgIpc) is 2.23. The Hall–Kier alpha value is -0.0400. The summed E-state index contributed by atoms with van der Waals surface area (Å²) in [5.41, 5.74) is 0.608. The fourth-order valence-corrected chi connectivity index (χ4v) is 3.60. The molecule has 13 heavy (non-hydrogen) atoms. The van der Waals surface area contributed by atoms with E-state index in [1.54, 1.807) is 0 Å². The highest BCUT2D eigenvalue weighted by molar-refractivity contribution is 4.99. The molecule has 0 aromatic rings. The molecule has 0 N–H and O–H groups in total. The molecule has 2 heterocycles. The van der Waals surface area contributed by atoms with Crippen molar-refractivity contribution in [3.63, 3.8) is 0 Å². The predicted molar refractivity (Wildman–Crippen MR) is 56.8 cm³/mol. The summed E-state index contributed by atoms with van der Waals surface area (Å²) < 4.78 is 0. The zero-order valence-electron chi connectivity index (χ0n) is 9.51. The van der Waals surface area contributed by atoms with E-state index in [2.05, 4.69) is 32.6 Å². The largest absolute Gasteiger partial charge is 0.295 e. The molecule has 0 aromatic carbocycles. The van der Waals surface area contributed by atoms with Crippen LogP contribution in [-0.4, -0.2) is 23.0 Å².